The summed E-state index contributed by atoms with van der Waals surface area (Å²) in [5.41, 5.74) is 5.82. The molecule has 4 nitrogen and oxygen atoms in total. The number of carbonyl (C=O) groups is 1. The Balaban J connectivity index is 2.03. The van der Waals surface area contributed by atoms with Crippen molar-refractivity contribution in [3.8, 4) is 0 Å². The molecule has 3 N–H and O–H groups in total. The first kappa shape index (κ1) is 14.9. The predicted molar refractivity (Wildman–Crippen MR) is 73.1 cm³/mol. The largest absolute Gasteiger partial charge is 0.376 e. The van der Waals surface area contributed by atoms with E-state index in [1.165, 1.54) is 6.08 Å². The minimum absolute atomic E-state index is 0.0811. The van der Waals surface area contributed by atoms with Crippen molar-refractivity contribution in [1.29, 1.82) is 0 Å². The molecule has 102 valence electrons. The fourth-order valence-electron chi connectivity index (χ4n) is 1.97. The number of allylic oxidation sites excluding steroid dienone is 3. The Morgan fingerprint density at radius 3 is 2.72 bits per heavy atom. The molecular formula is C14H24N2O2. The van der Waals surface area contributed by atoms with E-state index in [-0.39, 0.29) is 5.91 Å². The van der Waals surface area contributed by atoms with Gasteiger partial charge in [0.1, 0.15) is 0 Å². The maximum atomic E-state index is 11.3. The molecule has 0 heterocycles. The van der Waals surface area contributed by atoms with Gasteiger partial charge in [-0.2, -0.15) is 0 Å². The summed E-state index contributed by atoms with van der Waals surface area (Å²) < 4.78 is 5.70. The first-order chi connectivity index (χ1) is 8.72. The van der Waals surface area contributed by atoms with Crippen molar-refractivity contribution in [2.75, 3.05) is 13.2 Å². The van der Waals surface area contributed by atoms with E-state index in [4.69, 9.17) is 10.5 Å². The average molecular weight is 252 g/mol. The number of nitrogens with one attached hydrogen (secondary N) is 1. The van der Waals surface area contributed by atoms with E-state index in [1.807, 2.05) is 19.1 Å². The molecule has 4 heteroatoms. The highest BCUT2D eigenvalue weighted by Gasteiger charge is 2.18. The van der Waals surface area contributed by atoms with Gasteiger partial charge in [-0.3, -0.25) is 4.79 Å². The molecule has 1 rings (SSSR count). The predicted octanol–water partition coefficient (Wildman–Crippen LogP) is 1.52. The third-order valence-corrected chi connectivity index (χ3v) is 3.02. The van der Waals surface area contributed by atoms with Gasteiger partial charge >= 0.3 is 0 Å². The van der Waals surface area contributed by atoms with Gasteiger partial charge in [-0.25, -0.2) is 0 Å². The zero-order valence-corrected chi connectivity index (χ0v) is 11.1. The molecule has 0 aromatic heterocycles. The van der Waals surface area contributed by atoms with Crippen molar-refractivity contribution in [1.82, 2.24) is 5.32 Å². The number of ether oxygens (including phenoxy) is 1. The van der Waals surface area contributed by atoms with Crippen molar-refractivity contribution in [3.05, 3.63) is 24.3 Å². The molecule has 0 aromatic rings. The molecule has 0 atom stereocenters. The molecule has 0 spiro atoms. The van der Waals surface area contributed by atoms with Gasteiger partial charge in [0, 0.05) is 18.7 Å². The topological polar surface area (TPSA) is 64.3 Å². The molecule has 1 fully saturated rings. The molecule has 0 radical (unpaired) electrons. The van der Waals surface area contributed by atoms with E-state index in [9.17, 15) is 4.79 Å². The normalized spacial score (nSPS) is 24.8. The lowest BCUT2D eigenvalue weighted by Gasteiger charge is -2.26. The highest BCUT2D eigenvalue weighted by atomic mass is 16.5. The van der Waals surface area contributed by atoms with Crippen LogP contribution >= 0.6 is 0 Å². The quantitative estimate of drug-likeness (QED) is 0.428. The highest BCUT2D eigenvalue weighted by Crippen LogP contribution is 2.19. The SMILES string of the molecule is C/C=C/C=C/C(=O)NCCOC1CCC(N)CC1. The monoisotopic (exact) mass is 252 g/mol. The number of hydrogen-bond acceptors (Lipinski definition) is 3. The Bertz CT molecular complexity index is 292. The van der Waals surface area contributed by atoms with Crippen molar-refractivity contribution in [3.63, 3.8) is 0 Å². The fourth-order valence-corrected chi connectivity index (χ4v) is 1.97. The maximum Gasteiger partial charge on any atom is 0.244 e. The van der Waals surface area contributed by atoms with Crippen LogP contribution < -0.4 is 11.1 Å². The Kier molecular flexibility index (Phi) is 7.37. The maximum absolute atomic E-state index is 11.3. The van der Waals surface area contributed by atoms with E-state index < -0.39 is 0 Å². The van der Waals surface area contributed by atoms with E-state index in [2.05, 4.69) is 5.32 Å². The molecule has 1 aliphatic rings. The van der Waals surface area contributed by atoms with Crippen LogP contribution in [0.3, 0.4) is 0 Å². The molecule has 0 bridgehead atoms. The van der Waals surface area contributed by atoms with Crippen LogP contribution in [0.4, 0.5) is 0 Å². The molecule has 1 saturated carbocycles. The van der Waals surface area contributed by atoms with Crippen LogP contribution in [-0.4, -0.2) is 31.2 Å². The molecule has 0 aromatic carbocycles. The van der Waals surface area contributed by atoms with Crippen molar-refractivity contribution in [2.24, 2.45) is 5.73 Å². The van der Waals surface area contributed by atoms with Gasteiger partial charge in [0.15, 0.2) is 0 Å². The van der Waals surface area contributed by atoms with Crippen molar-refractivity contribution < 1.29 is 9.53 Å². The number of nitrogens with two attached hydrogens (primary N) is 1. The van der Waals surface area contributed by atoms with Crippen molar-refractivity contribution >= 4 is 5.91 Å². The van der Waals surface area contributed by atoms with Crippen LogP contribution in [0.1, 0.15) is 32.6 Å². The van der Waals surface area contributed by atoms with Crippen LogP contribution in [0.2, 0.25) is 0 Å². The van der Waals surface area contributed by atoms with E-state index >= 15 is 0 Å². The second-order valence-electron chi connectivity index (χ2n) is 4.58. The Labute approximate surface area is 109 Å². The molecular weight excluding hydrogens is 228 g/mol. The van der Waals surface area contributed by atoms with Crippen LogP contribution in [0.5, 0.6) is 0 Å². The van der Waals surface area contributed by atoms with Gasteiger partial charge in [-0.05, 0) is 32.6 Å². The zero-order valence-electron chi connectivity index (χ0n) is 11.1. The standard InChI is InChI=1S/C14H24N2O2/c1-2-3-4-5-14(17)16-10-11-18-13-8-6-12(15)7-9-13/h2-5,12-13H,6-11,15H2,1H3,(H,16,17)/b3-2+,5-4+. The molecule has 0 saturated heterocycles. The molecule has 1 amide bonds. The number of hydrogen-bond donors (Lipinski definition) is 2. The summed E-state index contributed by atoms with van der Waals surface area (Å²) in [4.78, 5) is 11.3. The Hall–Kier alpha value is -1.13. The molecule has 1 aliphatic carbocycles. The van der Waals surface area contributed by atoms with E-state index in [0.29, 0.717) is 25.3 Å². The number of carbonyl (C=O) groups excluding carboxylic acids is 1. The Morgan fingerprint density at radius 2 is 2.06 bits per heavy atom. The number of rotatable bonds is 6. The lowest BCUT2D eigenvalue weighted by molar-refractivity contribution is -0.116. The van der Waals surface area contributed by atoms with Crippen LogP contribution in [0.15, 0.2) is 24.3 Å². The van der Waals surface area contributed by atoms with Crippen LogP contribution in [0, 0.1) is 0 Å². The average Bonchev–Trinajstić information content (AvgIpc) is 2.37. The third-order valence-electron chi connectivity index (χ3n) is 3.02. The van der Waals surface area contributed by atoms with Gasteiger partial charge < -0.3 is 15.8 Å². The fraction of sp³-hybridized carbons (Fsp3) is 0.643. The molecule has 0 aliphatic heterocycles. The summed E-state index contributed by atoms with van der Waals surface area (Å²) in [5, 5.41) is 2.78. The van der Waals surface area contributed by atoms with E-state index in [0.717, 1.165) is 25.7 Å². The summed E-state index contributed by atoms with van der Waals surface area (Å²) in [6, 6.07) is 0.348. The third kappa shape index (κ3) is 6.57. The van der Waals surface area contributed by atoms with Gasteiger partial charge in [-0.15, -0.1) is 0 Å². The van der Waals surface area contributed by atoms with Gasteiger partial charge in [0.25, 0.3) is 0 Å². The van der Waals surface area contributed by atoms with Gasteiger partial charge in [0.05, 0.1) is 12.7 Å². The lowest BCUT2D eigenvalue weighted by Crippen LogP contribution is -2.32. The molecule has 18 heavy (non-hydrogen) atoms. The van der Waals surface area contributed by atoms with Crippen LogP contribution in [-0.2, 0) is 9.53 Å². The van der Waals surface area contributed by atoms with Crippen LogP contribution in [0.25, 0.3) is 0 Å². The van der Waals surface area contributed by atoms with E-state index in [1.54, 1.807) is 6.08 Å². The highest BCUT2D eigenvalue weighted by molar-refractivity contribution is 5.87. The van der Waals surface area contributed by atoms with Gasteiger partial charge in [0.2, 0.25) is 5.91 Å². The Morgan fingerprint density at radius 1 is 1.33 bits per heavy atom. The summed E-state index contributed by atoms with van der Waals surface area (Å²) in [6.07, 6.45) is 11.4. The lowest BCUT2D eigenvalue weighted by atomic mass is 9.94. The summed E-state index contributed by atoms with van der Waals surface area (Å²) in [6.45, 7) is 3.04. The van der Waals surface area contributed by atoms with Gasteiger partial charge in [-0.1, -0.05) is 18.2 Å². The second kappa shape index (κ2) is 8.89. The minimum Gasteiger partial charge on any atom is -0.376 e. The second-order valence-corrected chi connectivity index (χ2v) is 4.58. The molecule has 0 unspecified atom stereocenters. The summed E-state index contributed by atoms with van der Waals surface area (Å²) in [5.74, 6) is -0.0811. The minimum atomic E-state index is -0.0811. The first-order valence-corrected chi connectivity index (χ1v) is 6.66. The van der Waals surface area contributed by atoms with Crippen molar-refractivity contribution in [2.45, 2.75) is 44.8 Å². The smallest absolute Gasteiger partial charge is 0.244 e. The number of amides is 1. The summed E-state index contributed by atoms with van der Waals surface area (Å²) >= 11 is 0. The first-order valence-electron chi connectivity index (χ1n) is 6.66. The zero-order chi connectivity index (χ0) is 13.2. The summed E-state index contributed by atoms with van der Waals surface area (Å²) in [7, 11) is 0.